The molecule has 2 atom stereocenters. The third kappa shape index (κ3) is 4.16. The molecular weight excluding hydrogens is 236 g/mol. The van der Waals surface area contributed by atoms with Gasteiger partial charge in [0.05, 0.1) is 13.2 Å². The van der Waals surface area contributed by atoms with Crippen LogP contribution in [0.4, 0.5) is 0 Å². The highest BCUT2D eigenvalue weighted by atomic mass is 32.2. The largest absolute Gasteiger partial charge is 0.378 e. The Morgan fingerprint density at radius 3 is 3.18 bits per heavy atom. The number of hydrogen-bond donors (Lipinski definition) is 2. The molecule has 2 unspecified atom stereocenters. The zero-order valence-electron chi connectivity index (χ0n) is 10.5. The smallest absolute Gasteiger partial charge is 0.221 e. The van der Waals surface area contributed by atoms with Gasteiger partial charge in [-0.2, -0.15) is 11.8 Å². The minimum absolute atomic E-state index is 0.140. The van der Waals surface area contributed by atoms with Gasteiger partial charge >= 0.3 is 0 Å². The first-order valence-electron chi connectivity index (χ1n) is 6.40. The summed E-state index contributed by atoms with van der Waals surface area (Å²) in [4.78, 5) is 11.8. The Morgan fingerprint density at radius 1 is 1.65 bits per heavy atom. The van der Waals surface area contributed by atoms with Crippen LogP contribution in [0.15, 0.2) is 0 Å². The number of carbonyl (C=O) groups excluding carboxylic acids is 1. The molecule has 0 bridgehead atoms. The van der Waals surface area contributed by atoms with Gasteiger partial charge in [-0.3, -0.25) is 4.79 Å². The minimum Gasteiger partial charge on any atom is -0.378 e. The molecule has 2 heterocycles. The molecule has 2 rings (SSSR count). The molecule has 5 heteroatoms. The van der Waals surface area contributed by atoms with E-state index in [9.17, 15) is 4.79 Å². The van der Waals surface area contributed by atoms with Gasteiger partial charge in [0.1, 0.15) is 0 Å². The van der Waals surface area contributed by atoms with Crippen LogP contribution in [-0.4, -0.2) is 48.8 Å². The van der Waals surface area contributed by atoms with E-state index in [4.69, 9.17) is 4.74 Å². The second-order valence-corrected chi connectivity index (χ2v) is 6.79. The van der Waals surface area contributed by atoms with Gasteiger partial charge in [0, 0.05) is 30.3 Å². The Hall–Kier alpha value is -0.260. The monoisotopic (exact) mass is 258 g/mol. The lowest BCUT2D eigenvalue weighted by Crippen LogP contribution is -2.45. The third-order valence-corrected chi connectivity index (χ3v) is 4.93. The van der Waals surface area contributed by atoms with Crippen LogP contribution < -0.4 is 10.6 Å². The standard InChI is InChI=1S/C12H22N2O2S/c1-12(3-2-6-17-12)9-14-11(15)7-10-8-16-5-4-13-10/h10,13H,2-9H2,1H3,(H,14,15). The van der Waals surface area contributed by atoms with Crippen LogP contribution in [0.5, 0.6) is 0 Å². The summed E-state index contributed by atoms with van der Waals surface area (Å²) in [7, 11) is 0. The Morgan fingerprint density at radius 2 is 2.53 bits per heavy atom. The van der Waals surface area contributed by atoms with Gasteiger partial charge in [-0.05, 0) is 25.5 Å². The number of hydrogen-bond acceptors (Lipinski definition) is 4. The van der Waals surface area contributed by atoms with Crippen molar-refractivity contribution >= 4 is 17.7 Å². The summed E-state index contributed by atoms with van der Waals surface area (Å²) in [5.74, 6) is 1.37. The molecule has 2 aliphatic heterocycles. The van der Waals surface area contributed by atoms with E-state index >= 15 is 0 Å². The SMILES string of the molecule is CC1(CNC(=O)CC2COCCN2)CCCS1. The molecule has 17 heavy (non-hydrogen) atoms. The maximum absolute atomic E-state index is 11.8. The van der Waals surface area contributed by atoms with Crippen LogP contribution >= 0.6 is 11.8 Å². The van der Waals surface area contributed by atoms with Crippen LogP contribution in [0.25, 0.3) is 0 Å². The van der Waals surface area contributed by atoms with E-state index in [1.54, 1.807) is 0 Å². The summed E-state index contributed by atoms with van der Waals surface area (Å²) in [5, 5.41) is 6.35. The van der Waals surface area contributed by atoms with E-state index in [0.717, 1.165) is 19.7 Å². The van der Waals surface area contributed by atoms with Crippen molar-refractivity contribution in [1.29, 1.82) is 0 Å². The quantitative estimate of drug-likeness (QED) is 0.782. The molecule has 0 spiro atoms. The summed E-state index contributed by atoms with van der Waals surface area (Å²) in [6.07, 6.45) is 3.01. The van der Waals surface area contributed by atoms with E-state index in [-0.39, 0.29) is 16.7 Å². The van der Waals surface area contributed by atoms with Gasteiger partial charge in [0.25, 0.3) is 0 Å². The normalized spacial score (nSPS) is 33.6. The second-order valence-electron chi connectivity index (χ2n) is 5.11. The molecule has 2 N–H and O–H groups in total. The van der Waals surface area contributed by atoms with Crippen molar-refractivity contribution < 1.29 is 9.53 Å². The van der Waals surface area contributed by atoms with Crippen molar-refractivity contribution in [3.05, 3.63) is 0 Å². The average molecular weight is 258 g/mol. The molecule has 0 aromatic rings. The summed E-state index contributed by atoms with van der Waals surface area (Å²) >= 11 is 1.98. The molecule has 0 radical (unpaired) electrons. The number of nitrogens with one attached hydrogen (secondary N) is 2. The van der Waals surface area contributed by atoms with E-state index in [1.807, 2.05) is 11.8 Å². The van der Waals surface area contributed by atoms with E-state index in [0.29, 0.717) is 13.0 Å². The van der Waals surface area contributed by atoms with Crippen molar-refractivity contribution in [2.45, 2.75) is 37.0 Å². The van der Waals surface area contributed by atoms with Crippen molar-refractivity contribution in [3.63, 3.8) is 0 Å². The second kappa shape index (κ2) is 6.07. The zero-order valence-corrected chi connectivity index (χ0v) is 11.3. The molecule has 98 valence electrons. The fourth-order valence-corrected chi connectivity index (χ4v) is 3.55. The topological polar surface area (TPSA) is 50.4 Å². The highest BCUT2D eigenvalue weighted by molar-refractivity contribution is 8.00. The molecular formula is C12H22N2O2S. The third-order valence-electron chi connectivity index (χ3n) is 3.39. The number of rotatable bonds is 4. The van der Waals surface area contributed by atoms with Gasteiger partial charge in [0.15, 0.2) is 0 Å². The summed E-state index contributed by atoms with van der Waals surface area (Å²) < 4.78 is 5.59. The van der Waals surface area contributed by atoms with Gasteiger partial charge < -0.3 is 15.4 Å². The number of ether oxygens (including phenoxy) is 1. The minimum atomic E-state index is 0.140. The predicted molar refractivity (Wildman–Crippen MR) is 70.3 cm³/mol. The van der Waals surface area contributed by atoms with Crippen molar-refractivity contribution in [1.82, 2.24) is 10.6 Å². The number of amides is 1. The first kappa shape index (κ1) is 13.2. The first-order valence-corrected chi connectivity index (χ1v) is 7.38. The lowest BCUT2D eigenvalue weighted by molar-refractivity contribution is -0.122. The fraction of sp³-hybridized carbons (Fsp3) is 0.917. The van der Waals surface area contributed by atoms with Crippen LogP contribution in [-0.2, 0) is 9.53 Å². The average Bonchev–Trinajstić information content (AvgIpc) is 2.76. The molecule has 2 saturated heterocycles. The zero-order chi connectivity index (χ0) is 12.1. The highest BCUT2D eigenvalue weighted by Gasteiger charge is 2.30. The summed E-state index contributed by atoms with van der Waals surface area (Å²) in [6, 6.07) is 0.188. The first-order chi connectivity index (χ1) is 8.18. The van der Waals surface area contributed by atoms with Crippen LogP contribution in [0.3, 0.4) is 0 Å². The Bertz CT molecular complexity index is 261. The molecule has 4 nitrogen and oxygen atoms in total. The molecule has 1 amide bonds. The van der Waals surface area contributed by atoms with E-state index < -0.39 is 0 Å². The molecule has 2 aliphatic rings. The van der Waals surface area contributed by atoms with E-state index in [2.05, 4.69) is 17.6 Å². The van der Waals surface area contributed by atoms with Crippen molar-refractivity contribution in [2.75, 3.05) is 32.1 Å². The number of carbonyl (C=O) groups is 1. The van der Waals surface area contributed by atoms with Gasteiger partial charge in [-0.15, -0.1) is 0 Å². The maximum Gasteiger partial charge on any atom is 0.221 e. The molecule has 2 fully saturated rings. The number of morpholine rings is 1. The summed E-state index contributed by atoms with van der Waals surface area (Å²) in [6.45, 7) is 5.30. The molecule has 0 aliphatic carbocycles. The maximum atomic E-state index is 11.8. The van der Waals surface area contributed by atoms with Gasteiger partial charge in [-0.1, -0.05) is 0 Å². The predicted octanol–water partition coefficient (Wildman–Crippen LogP) is 0.767. The lowest BCUT2D eigenvalue weighted by Gasteiger charge is -2.25. The Kier molecular flexibility index (Phi) is 4.70. The fourth-order valence-electron chi connectivity index (χ4n) is 2.31. The van der Waals surface area contributed by atoms with Crippen LogP contribution in [0, 0.1) is 0 Å². The number of thioether (sulfide) groups is 1. The Balaban J connectivity index is 1.66. The van der Waals surface area contributed by atoms with E-state index in [1.165, 1.54) is 18.6 Å². The molecule has 0 aromatic carbocycles. The van der Waals surface area contributed by atoms with Crippen molar-refractivity contribution in [2.24, 2.45) is 0 Å². The Labute approximate surface area is 107 Å². The lowest BCUT2D eigenvalue weighted by atomic mass is 10.1. The summed E-state index contributed by atoms with van der Waals surface area (Å²) in [5.41, 5.74) is 0. The van der Waals surface area contributed by atoms with Gasteiger partial charge in [0.2, 0.25) is 5.91 Å². The molecule has 0 aromatic heterocycles. The highest BCUT2D eigenvalue weighted by Crippen LogP contribution is 2.36. The van der Waals surface area contributed by atoms with Crippen molar-refractivity contribution in [3.8, 4) is 0 Å². The van der Waals surface area contributed by atoms with Gasteiger partial charge in [-0.25, -0.2) is 0 Å². The van der Waals surface area contributed by atoms with Crippen LogP contribution in [0.1, 0.15) is 26.2 Å². The molecule has 0 saturated carbocycles. The van der Waals surface area contributed by atoms with Crippen LogP contribution in [0.2, 0.25) is 0 Å².